The molecule has 0 bridgehead atoms. The summed E-state index contributed by atoms with van der Waals surface area (Å²) in [7, 11) is 0. The first-order valence-corrected chi connectivity index (χ1v) is 10.1. The summed E-state index contributed by atoms with van der Waals surface area (Å²) in [4.78, 5) is 40.1. The zero-order valence-corrected chi connectivity index (χ0v) is 17.0. The molecule has 2 fully saturated rings. The van der Waals surface area contributed by atoms with Crippen molar-refractivity contribution in [2.75, 3.05) is 32.7 Å². The van der Waals surface area contributed by atoms with Crippen LogP contribution in [0.1, 0.15) is 29.6 Å². The van der Waals surface area contributed by atoms with Gasteiger partial charge < -0.3 is 16.0 Å². The van der Waals surface area contributed by atoms with Crippen LogP contribution >= 0.6 is 23.2 Å². The normalized spacial score (nSPS) is 20.9. The van der Waals surface area contributed by atoms with E-state index < -0.39 is 0 Å². The standard InChI is InChI=1S/C19H24Cl2N4O3/c20-15-2-1-13(9-16(15)21)19(28)23-10-17(26)25-8-5-14(11-25)24-6-3-12(4-7-24)18(22)27/h1-2,9,12,14H,3-8,10-11H2,(H2,22,27)(H,23,28). The summed E-state index contributed by atoms with van der Waals surface area (Å²) in [6.45, 7) is 2.91. The summed E-state index contributed by atoms with van der Waals surface area (Å²) >= 11 is 11.8. The van der Waals surface area contributed by atoms with Crippen LogP contribution in [0.4, 0.5) is 0 Å². The molecule has 0 saturated carbocycles. The van der Waals surface area contributed by atoms with Crippen molar-refractivity contribution in [2.24, 2.45) is 11.7 Å². The molecule has 1 atom stereocenters. The minimum absolute atomic E-state index is 0.0352. The predicted molar refractivity (Wildman–Crippen MR) is 107 cm³/mol. The highest BCUT2D eigenvalue weighted by Crippen LogP contribution is 2.24. The molecule has 152 valence electrons. The van der Waals surface area contributed by atoms with E-state index in [1.54, 1.807) is 17.0 Å². The zero-order chi connectivity index (χ0) is 20.3. The minimum atomic E-state index is -0.365. The Labute approximate surface area is 174 Å². The second kappa shape index (κ2) is 9.11. The average Bonchev–Trinajstić information content (AvgIpc) is 3.18. The number of benzene rings is 1. The van der Waals surface area contributed by atoms with E-state index in [-0.39, 0.29) is 30.2 Å². The Kier molecular flexibility index (Phi) is 6.80. The lowest BCUT2D eigenvalue weighted by Crippen LogP contribution is -2.46. The Hall–Kier alpha value is -1.83. The van der Waals surface area contributed by atoms with Gasteiger partial charge in [-0.3, -0.25) is 19.3 Å². The first-order valence-electron chi connectivity index (χ1n) is 9.39. The summed E-state index contributed by atoms with van der Waals surface area (Å²) in [5.74, 6) is -0.730. The molecule has 2 saturated heterocycles. The maximum atomic E-state index is 12.5. The van der Waals surface area contributed by atoms with Gasteiger partial charge in [-0.1, -0.05) is 23.2 Å². The van der Waals surface area contributed by atoms with E-state index in [1.165, 1.54) is 6.07 Å². The van der Waals surface area contributed by atoms with E-state index >= 15 is 0 Å². The molecular formula is C19H24Cl2N4O3. The molecule has 28 heavy (non-hydrogen) atoms. The van der Waals surface area contributed by atoms with Gasteiger partial charge in [0.1, 0.15) is 0 Å². The SMILES string of the molecule is NC(=O)C1CCN(C2CCN(C(=O)CNC(=O)c3ccc(Cl)c(Cl)c3)C2)CC1. The van der Waals surface area contributed by atoms with Crippen molar-refractivity contribution in [3.05, 3.63) is 33.8 Å². The topological polar surface area (TPSA) is 95.7 Å². The van der Waals surface area contributed by atoms with Gasteiger partial charge in [0, 0.05) is 30.6 Å². The van der Waals surface area contributed by atoms with Gasteiger partial charge in [-0.2, -0.15) is 0 Å². The van der Waals surface area contributed by atoms with Gasteiger partial charge >= 0.3 is 0 Å². The van der Waals surface area contributed by atoms with Gasteiger partial charge in [0.25, 0.3) is 5.91 Å². The molecule has 2 aliphatic rings. The molecule has 1 unspecified atom stereocenters. The fourth-order valence-electron chi connectivity index (χ4n) is 3.82. The van der Waals surface area contributed by atoms with Crippen molar-refractivity contribution in [1.82, 2.24) is 15.1 Å². The summed E-state index contributed by atoms with van der Waals surface area (Å²) in [5.41, 5.74) is 5.74. The fraction of sp³-hybridized carbons (Fsp3) is 0.526. The van der Waals surface area contributed by atoms with Crippen LogP contribution in [0, 0.1) is 5.92 Å². The second-order valence-corrected chi connectivity index (χ2v) is 8.12. The van der Waals surface area contributed by atoms with E-state index in [0.717, 1.165) is 32.4 Å². The molecule has 7 nitrogen and oxygen atoms in total. The first-order chi connectivity index (χ1) is 13.3. The van der Waals surface area contributed by atoms with Crippen LogP contribution in [-0.2, 0) is 9.59 Å². The van der Waals surface area contributed by atoms with Gasteiger partial charge in [-0.15, -0.1) is 0 Å². The fourth-order valence-corrected chi connectivity index (χ4v) is 4.12. The number of nitrogens with zero attached hydrogens (tertiary/aromatic N) is 2. The largest absolute Gasteiger partial charge is 0.369 e. The number of nitrogens with two attached hydrogens (primary N) is 1. The first kappa shape index (κ1) is 20.9. The Bertz CT molecular complexity index is 766. The van der Waals surface area contributed by atoms with Crippen molar-refractivity contribution in [3.8, 4) is 0 Å². The van der Waals surface area contributed by atoms with Crippen LogP contribution < -0.4 is 11.1 Å². The Morgan fingerprint density at radius 3 is 2.43 bits per heavy atom. The highest BCUT2D eigenvalue weighted by Gasteiger charge is 2.33. The van der Waals surface area contributed by atoms with Gasteiger partial charge in [0.2, 0.25) is 11.8 Å². The number of carbonyl (C=O) groups excluding carboxylic acids is 3. The van der Waals surface area contributed by atoms with Crippen molar-refractivity contribution in [2.45, 2.75) is 25.3 Å². The van der Waals surface area contributed by atoms with Crippen LogP contribution in [0.25, 0.3) is 0 Å². The van der Waals surface area contributed by atoms with E-state index in [1.807, 2.05) is 0 Å². The number of piperidine rings is 1. The summed E-state index contributed by atoms with van der Waals surface area (Å²) in [6, 6.07) is 4.89. The highest BCUT2D eigenvalue weighted by atomic mass is 35.5. The lowest BCUT2D eigenvalue weighted by Gasteiger charge is -2.34. The molecule has 1 aromatic rings. The molecule has 0 aliphatic carbocycles. The van der Waals surface area contributed by atoms with Crippen molar-refractivity contribution in [3.63, 3.8) is 0 Å². The number of carbonyl (C=O) groups is 3. The van der Waals surface area contributed by atoms with Crippen molar-refractivity contribution in [1.29, 1.82) is 0 Å². The molecule has 0 spiro atoms. The van der Waals surface area contributed by atoms with Crippen LogP contribution in [-0.4, -0.2) is 66.3 Å². The number of likely N-dealkylation sites (tertiary alicyclic amines) is 2. The van der Waals surface area contributed by atoms with Gasteiger partial charge in [-0.05, 0) is 50.6 Å². The molecule has 2 heterocycles. The summed E-state index contributed by atoms with van der Waals surface area (Å²) < 4.78 is 0. The molecule has 3 amide bonds. The Morgan fingerprint density at radius 1 is 1.07 bits per heavy atom. The number of amides is 3. The van der Waals surface area contributed by atoms with Crippen LogP contribution in [0.15, 0.2) is 18.2 Å². The number of halogens is 2. The van der Waals surface area contributed by atoms with Crippen molar-refractivity contribution >= 4 is 40.9 Å². The Morgan fingerprint density at radius 2 is 1.79 bits per heavy atom. The molecule has 2 aliphatic heterocycles. The monoisotopic (exact) mass is 426 g/mol. The Balaban J connectivity index is 1.45. The third kappa shape index (κ3) is 4.96. The molecule has 3 rings (SSSR count). The average molecular weight is 427 g/mol. The third-order valence-corrected chi connectivity index (χ3v) is 6.29. The maximum absolute atomic E-state index is 12.5. The quantitative estimate of drug-likeness (QED) is 0.745. The van der Waals surface area contributed by atoms with Crippen molar-refractivity contribution < 1.29 is 14.4 Å². The predicted octanol–water partition coefficient (Wildman–Crippen LogP) is 1.52. The van der Waals surface area contributed by atoms with E-state index in [0.29, 0.717) is 34.7 Å². The number of nitrogens with one attached hydrogen (secondary N) is 1. The smallest absolute Gasteiger partial charge is 0.251 e. The van der Waals surface area contributed by atoms with Gasteiger partial charge in [-0.25, -0.2) is 0 Å². The van der Waals surface area contributed by atoms with Gasteiger partial charge in [0.15, 0.2) is 0 Å². The minimum Gasteiger partial charge on any atom is -0.369 e. The molecule has 0 aromatic heterocycles. The lowest BCUT2D eigenvalue weighted by molar-refractivity contribution is -0.129. The maximum Gasteiger partial charge on any atom is 0.251 e. The third-order valence-electron chi connectivity index (χ3n) is 5.55. The highest BCUT2D eigenvalue weighted by molar-refractivity contribution is 6.42. The molecule has 1 aromatic carbocycles. The summed E-state index contributed by atoms with van der Waals surface area (Å²) in [5, 5.41) is 3.31. The molecule has 0 radical (unpaired) electrons. The van der Waals surface area contributed by atoms with E-state index in [9.17, 15) is 14.4 Å². The number of hydrogen-bond acceptors (Lipinski definition) is 4. The number of hydrogen-bond donors (Lipinski definition) is 2. The molecular weight excluding hydrogens is 403 g/mol. The summed E-state index contributed by atoms with van der Waals surface area (Å²) in [6.07, 6.45) is 2.45. The number of rotatable bonds is 5. The zero-order valence-electron chi connectivity index (χ0n) is 15.5. The van der Waals surface area contributed by atoms with Crippen LogP contribution in [0.5, 0.6) is 0 Å². The van der Waals surface area contributed by atoms with E-state index in [2.05, 4.69) is 10.2 Å². The second-order valence-electron chi connectivity index (χ2n) is 7.31. The van der Waals surface area contributed by atoms with Crippen LogP contribution in [0.3, 0.4) is 0 Å². The lowest BCUT2D eigenvalue weighted by atomic mass is 9.95. The molecule has 9 heteroatoms. The van der Waals surface area contributed by atoms with E-state index in [4.69, 9.17) is 28.9 Å². The molecule has 3 N–H and O–H groups in total. The number of primary amides is 1. The van der Waals surface area contributed by atoms with Crippen LogP contribution in [0.2, 0.25) is 10.0 Å². The van der Waals surface area contributed by atoms with Gasteiger partial charge in [0.05, 0.1) is 16.6 Å².